The number of hydrogen-bond donors (Lipinski definition) is 1. The van der Waals surface area contributed by atoms with Crippen molar-refractivity contribution >= 4 is 28.4 Å². The maximum absolute atomic E-state index is 4.42. The van der Waals surface area contributed by atoms with Crippen LogP contribution >= 0.6 is 22.6 Å². The molecule has 0 aromatic carbocycles. The Morgan fingerprint density at radius 3 is 2.94 bits per heavy atom. The Kier molecular flexibility index (Phi) is 3.70. The molecule has 0 saturated heterocycles. The second-order valence-electron chi connectivity index (χ2n) is 3.29. The van der Waals surface area contributed by atoms with Crippen molar-refractivity contribution < 1.29 is 0 Å². The van der Waals surface area contributed by atoms with Crippen LogP contribution in [0.4, 0.5) is 5.82 Å². The first-order valence-electron chi connectivity index (χ1n) is 5.06. The summed E-state index contributed by atoms with van der Waals surface area (Å²) in [7, 11) is 0. The summed E-state index contributed by atoms with van der Waals surface area (Å²) in [5, 5.41) is 7.38. The summed E-state index contributed by atoms with van der Waals surface area (Å²) in [4.78, 5) is 8.55. The zero-order valence-electron chi connectivity index (χ0n) is 8.89. The zero-order chi connectivity index (χ0) is 11.4. The van der Waals surface area contributed by atoms with Crippen LogP contribution in [0.3, 0.4) is 0 Å². The van der Waals surface area contributed by atoms with Crippen LogP contribution in [0.15, 0.2) is 24.8 Å². The van der Waals surface area contributed by atoms with Crippen LogP contribution in [-0.2, 0) is 0 Å². The van der Waals surface area contributed by atoms with Crippen molar-refractivity contribution in [3.63, 3.8) is 0 Å². The molecule has 5 nitrogen and oxygen atoms in total. The van der Waals surface area contributed by atoms with Gasteiger partial charge in [0.25, 0.3) is 0 Å². The summed E-state index contributed by atoms with van der Waals surface area (Å²) in [6.45, 7) is 3.01. The van der Waals surface area contributed by atoms with Crippen LogP contribution in [-0.4, -0.2) is 26.3 Å². The van der Waals surface area contributed by atoms with E-state index in [2.05, 4.69) is 49.9 Å². The van der Waals surface area contributed by atoms with Crippen molar-refractivity contribution in [3.05, 3.63) is 28.4 Å². The van der Waals surface area contributed by atoms with Gasteiger partial charge in [0.05, 0.1) is 22.2 Å². The second-order valence-corrected chi connectivity index (χ2v) is 4.54. The average molecular weight is 329 g/mol. The van der Waals surface area contributed by atoms with Crippen molar-refractivity contribution in [3.8, 4) is 5.82 Å². The Bertz CT molecular complexity index is 468. The van der Waals surface area contributed by atoms with Gasteiger partial charge in [0.1, 0.15) is 5.82 Å². The minimum absolute atomic E-state index is 0.726. The molecule has 1 N–H and O–H groups in total. The van der Waals surface area contributed by atoms with Gasteiger partial charge in [-0.05, 0) is 29.0 Å². The number of halogens is 1. The highest BCUT2D eigenvalue weighted by Gasteiger charge is 2.02. The Labute approximate surface area is 107 Å². The van der Waals surface area contributed by atoms with E-state index in [4.69, 9.17) is 0 Å². The second kappa shape index (κ2) is 5.24. The van der Waals surface area contributed by atoms with Crippen LogP contribution in [0, 0.1) is 3.57 Å². The molecular weight excluding hydrogens is 317 g/mol. The third-order valence-corrected chi connectivity index (χ3v) is 2.52. The molecule has 0 saturated carbocycles. The molecule has 0 radical (unpaired) electrons. The molecule has 2 aromatic heterocycles. The first kappa shape index (κ1) is 11.3. The molecule has 0 amide bonds. The van der Waals surface area contributed by atoms with E-state index in [9.17, 15) is 0 Å². The van der Waals surface area contributed by atoms with Crippen LogP contribution in [0.25, 0.3) is 5.82 Å². The van der Waals surface area contributed by atoms with E-state index in [1.807, 2.05) is 6.20 Å². The number of rotatable bonds is 4. The highest BCUT2D eigenvalue weighted by molar-refractivity contribution is 14.1. The maximum atomic E-state index is 4.42. The Balaban J connectivity index is 2.22. The minimum Gasteiger partial charge on any atom is -0.369 e. The molecule has 6 heteroatoms. The lowest BCUT2D eigenvalue weighted by molar-refractivity contribution is 0.835. The minimum atomic E-state index is 0.726. The molecule has 0 spiro atoms. The van der Waals surface area contributed by atoms with E-state index in [0.717, 1.165) is 28.2 Å². The van der Waals surface area contributed by atoms with Crippen molar-refractivity contribution in [1.82, 2.24) is 19.7 Å². The molecule has 16 heavy (non-hydrogen) atoms. The predicted molar refractivity (Wildman–Crippen MR) is 70.7 cm³/mol. The summed E-state index contributed by atoms with van der Waals surface area (Å²) in [5.74, 6) is 1.51. The van der Waals surface area contributed by atoms with Gasteiger partial charge in [0.2, 0.25) is 0 Å². The van der Waals surface area contributed by atoms with Gasteiger partial charge in [-0.2, -0.15) is 5.10 Å². The Morgan fingerprint density at radius 2 is 2.25 bits per heavy atom. The van der Waals surface area contributed by atoms with E-state index in [0.29, 0.717) is 0 Å². The van der Waals surface area contributed by atoms with Gasteiger partial charge >= 0.3 is 0 Å². The lowest BCUT2D eigenvalue weighted by Crippen LogP contribution is -2.05. The van der Waals surface area contributed by atoms with Gasteiger partial charge in [-0.25, -0.2) is 9.67 Å². The number of nitrogens with zero attached hydrogens (tertiary/aromatic N) is 4. The third kappa shape index (κ3) is 2.69. The highest BCUT2D eigenvalue weighted by Crippen LogP contribution is 2.09. The van der Waals surface area contributed by atoms with Crippen LogP contribution < -0.4 is 5.32 Å². The summed E-state index contributed by atoms with van der Waals surface area (Å²) < 4.78 is 2.79. The normalized spacial score (nSPS) is 10.4. The highest BCUT2D eigenvalue weighted by atomic mass is 127. The molecule has 0 aliphatic heterocycles. The fraction of sp³-hybridized carbons (Fsp3) is 0.300. The zero-order valence-corrected chi connectivity index (χ0v) is 11.0. The number of anilines is 1. The molecule has 2 aromatic rings. The van der Waals surface area contributed by atoms with Gasteiger partial charge in [-0.3, -0.25) is 4.98 Å². The Morgan fingerprint density at radius 1 is 1.38 bits per heavy atom. The largest absolute Gasteiger partial charge is 0.369 e. The molecule has 0 fully saturated rings. The van der Waals surface area contributed by atoms with Gasteiger partial charge in [-0.15, -0.1) is 0 Å². The predicted octanol–water partition coefficient (Wildman–Crippen LogP) is 2.09. The molecule has 0 aliphatic rings. The van der Waals surface area contributed by atoms with Crippen molar-refractivity contribution in [2.45, 2.75) is 13.3 Å². The molecule has 2 heterocycles. The van der Waals surface area contributed by atoms with Gasteiger partial charge in [0.15, 0.2) is 5.82 Å². The van der Waals surface area contributed by atoms with E-state index in [1.165, 1.54) is 0 Å². The van der Waals surface area contributed by atoms with Crippen molar-refractivity contribution in [2.24, 2.45) is 0 Å². The first-order chi connectivity index (χ1) is 7.79. The fourth-order valence-corrected chi connectivity index (χ4v) is 1.62. The SMILES string of the molecule is CCCNc1cncc(-n2cc(I)cn2)n1. The van der Waals surface area contributed by atoms with Crippen LogP contribution in [0.1, 0.15) is 13.3 Å². The van der Waals surface area contributed by atoms with E-state index in [-0.39, 0.29) is 0 Å². The van der Waals surface area contributed by atoms with E-state index < -0.39 is 0 Å². The smallest absolute Gasteiger partial charge is 0.174 e. The third-order valence-electron chi connectivity index (χ3n) is 1.96. The molecule has 0 aliphatic carbocycles. The summed E-state index contributed by atoms with van der Waals surface area (Å²) in [5.41, 5.74) is 0. The lowest BCUT2D eigenvalue weighted by atomic mass is 10.5. The van der Waals surface area contributed by atoms with Crippen molar-refractivity contribution in [1.29, 1.82) is 0 Å². The topological polar surface area (TPSA) is 55.6 Å². The molecule has 0 atom stereocenters. The standard InChI is InChI=1S/C10H12IN5/c1-2-3-13-9-5-12-6-10(15-9)16-7-8(11)4-14-16/h4-7H,2-3H2,1H3,(H,13,15). The lowest BCUT2D eigenvalue weighted by Gasteiger charge is -2.05. The molecule has 0 unspecified atom stereocenters. The quantitative estimate of drug-likeness (QED) is 0.873. The van der Waals surface area contributed by atoms with Crippen LogP contribution in [0.2, 0.25) is 0 Å². The molecule has 84 valence electrons. The fourth-order valence-electron chi connectivity index (χ4n) is 1.23. The van der Waals surface area contributed by atoms with Gasteiger partial charge in [0, 0.05) is 12.7 Å². The van der Waals surface area contributed by atoms with Crippen LogP contribution in [0.5, 0.6) is 0 Å². The summed E-state index contributed by atoms with van der Waals surface area (Å²) in [6.07, 6.45) is 8.17. The van der Waals surface area contributed by atoms with Gasteiger partial charge < -0.3 is 5.32 Å². The van der Waals surface area contributed by atoms with E-state index in [1.54, 1.807) is 23.3 Å². The van der Waals surface area contributed by atoms with Crippen molar-refractivity contribution in [2.75, 3.05) is 11.9 Å². The summed E-state index contributed by atoms with van der Waals surface area (Å²) in [6, 6.07) is 0. The number of aromatic nitrogens is 4. The summed E-state index contributed by atoms with van der Waals surface area (Å²) >= 11 is 2.21. The monoisotopic (exact) mass is 329 g/mol. The first-order valence-corrected chi connectivity index (χ1v) is 6.14. The average Bonchev–Trinajstić information content (AvgIpc) is 2.74. The van der Waals surface area contributed by atoms with E-state index >= 15 is 0 Å². The number of nitrogens with one attached hydrogen (secondary N) is 1. The van der Waals surface area contributed by atoms with Gasteiger partial charge in [-0.1, -0.05) is 6.92 Å². The Hall–Kier alpha value is -1.18. The molecular formula is C10H12IN5. The maximum Gasteiger partial charge on any atom is 0.174 e. The molecule has 2 rings (SSSR count). The number of hydrogen-bond acceptors (Lipinski definition) is 4. The molecule has 0 bridgehead atoms.